The topological polar surface area (TPSA) is 116 Å². The zero-order valence-electron chi connectivity index (χ0n) is 18.0. The molecule has 34 heavy (non-hydrogen) atoms. The molecule has 11 heteroatoms. The van der Waals surface area contributed by atoms with E-state index in [4.69, 9.17) is 0 Å². The van der Waals surface area contributed by atoms with Crippen LogP contribution in [0.25, 0.3) is 0 Å². The molecule has 1 saturated heterocycles. The molecule has 3 heterocycles. The first-order valence-electron chi connectivity index (χ1n) is 11.2. The predicted molar refractivity (Wildman–Crippen MR) is 122 cm³/mol. The summed E-state index contributed by atoms with van der Waals surface area (Å²) in [6.07, 6.45) is 2.73. The Morgan fingerprint density at radius 2 is 1.91 bits per heavy atom. The Kier molecular flexibility index (Phi) is 4.95. The molecule has 0 spiro atoms. The third-order valence-corrected chi connectivity index (χ3v) is 10.1. The van der Waals surface area contributed by atoms with Crippen LogP contribution in [0.2, 0.25) is 0 Å². The molecular weight excluding hydrogens is 481 g/mol. The van der Waals surface area contributed by atoms with Gasteiger partial charge in [0.25, 0.3) is 10.0 Å². The van der Waals surface area contributed by atoms with Crippen LogP contribution in [0.4, 0.5) is 9.39 Å². The van der Waals surface area contributed by atoms with E-state index in [1.807, 2.05) is 0 Å². The van der Waals surface area contributed by atoms with Crippen molar-refractivity contribution in [2.75, 3.05) is 5.32 Å². The number of benzene rings is 1. The molecule has 1 amide bonds. The molecule has 178 valence electrons. The van der Waals surface area contributed by atoms with Crippen LogP contribution in [0, 0.1) is 29.5 Å². The second-order valence-electron chi connectivity index (χ2n) is 9.43. The molecule has 0 radical (unpaired) electrons. The van der Waals surface area contributed by atoms with Gasteiger partial charge in [-0.15, -0.1) is 15.7 Å². The SMILES string of the molecule is O=C1C(C2=NS(=O)(=O)c3c(CO)csc3N2)C(=O)N(Cc2ccc(F)cc2)[C@H]2[C@@H]3CC[C@@H](C3)[C@@H]12. The van der Waals surface area contributed by atoms with Gasteiger partial charge in [0.1, 0.15) is 21.5 Å². The van der Waals surface area contributed by atoms with Gasteiger partial charge in [-0.2, -0.15) is 8.42 Å². The maximum absolute atomic E-state index is 13.8. The molecule has 2 saturated carbocycles. The number of piperidine rings is 1. The molecule has 1 aromatic heterocycles. The normalized spacial score (nSPS) is 31.2. The van der Waals surface area contributed by atoms with Crippen LogP contribution in [-0.4, -0.2) is 42.0 Å². The molecule has 2 aliphatic carbocycles. The van der Waals surface area contributed by atoms with Gasteiger partial charge in [-0.05, 0) is 54.2 Å². The molecule has 2 aliphatic heterocycles. The summed E-state index contributed by atoms with van der Waals surface area (Å²) in [4.78, 5) is 29.1. The lowest BCUT2D eigenvalue weighted by atomic mass is 9.73. The average Bonchev–Trinajstić information content (AvgIpc) is 3.52. The number of amidine groups is 1. The molecular formula is C23H22FN3O5S2. The lowest BCUT2D eigenvalue weighted by Gasteiger charge is -2.45. The van der Waals surface area contributed by atoms with Crippen molar-refractivity contribution < 1.29 is 27.5 Å². The fourth-order valence-electron chi connectivity index (χ4n) is 6.26. The van der Waals surface area contributed by atoms with E-state index >= 15 is 0 Å². The van der Waals surface area contributed by atoms with Crippen LogP contribution in [-0.2, 0) is 32.8 Å². The Bertz CT molecular complexity index is 1340. The summed E-state index contributed by atoms with van der Waals surface area (Å²) < 4.78 is 43.2. The van der Waals surface area contributed by atoms with Gasteiger partial charge >= 0.3 is 0 Å². The van der Waals surface area contributed by atoms with Crippen molar-refractivity contribution in [3.8, 4) is 0 Å². The van der Waals surface area contributed by atoms with Gasteiger partial charge in [-0.3, -0.25) is 9.59 Å². The van der Waals surface area contributed by atoms with Crippen LogP contribution in [0.15, 0.2) is 38.9 Å². The van der Waals surface area contributed by atoms with Crippen molar-refractivity contribution in [3.63, 3.8) is 0 Å². The predicted octanol–water partition coefficient (Wildman–Crippen LogP) is 2.53. The molecule has 6 rings (SSSR count). The maximum atomic E-state index is 13.8. The number of amides is 1. The van der Waals surface area contributed by atoms with Gasteiger partial charge < -0.3 is 15.3 Å². The number of carbonyl (C=O) groups is 2. The minimum absolute atomic E-state index is 0.111. The lowest BCUT2D eigenvalue weighted by molar-refractivity contribution is -0.153. The van der Waals surface area contributed by atoms with Gasteiger partial charge in [0.2, 0.25) is 5.91 Å². The fraction of sp³-hybridized carbons (Fsp3) is 0.435. The van der Waals surface area contributed by atoms with Gasteiger partial charge in [-0.1, -0.05) is 12.1 Å². The average molecular weight is 504 g/mol. The Morgan fingerprint density at radius 1 is 1.18 bits per heavy atom. The maximum Gasteiger partial charge on any atom is 0.287 e. The van der Waals surface area contributed by atoms with E-state index in [1.54, 1.807) is 17.0 Å². The summed E-state index contributed by atoms with van der Waals surface area (Å²) in [6.45, 7) is -0.247. The van der Waals surface area contributed by atoms with Crippen LogP contribution in [0.5, 0.6) is 0 Å². The molecule has 1 aromatic carbocycles. The van der Waals surface area contributed by atoms with Gasteiger partial charge in [0, 0.05) is 24.1 Å². The third kappa shape index (κ3) is 3.17. The van der Waals surface area contributed by atoms with E-state index in [9.17, 15) is 27.5 Å². The standard InChI is InChI=1S/C23H22FN3O5S2/c24-15-5-1-11(2-6-15)8-27-18-13-4-3-12(7-13)16(18)19(29)17(23(27)30)21-25-22-20(34(31,32)26-21)14(9-28)10-33-22/h1-2,5-6,10,12-13,16-18,28H,3-4,7-9H2,(H,25,26)/t12-,13+,16+,17?,18-/m0/s1. The van der Waals surface area contributed by atoms with E-state index in [2.05, 4.69) is 9.71 Å². The van der Waals surface area contributed by atoms with E-state index < -0.39 is 28.5 Å². The number of fused-ring (bicyclic) bond motifs is 6. The Morgan fingerprint density at radius 3 is 2.65 bits per heavy atom. The van der Waals surface area contributed by atoms with E-state index in [1.165, 1.54) is 17.5 Å². The van der Waals surface area contributed by atoms with Crippen molar-refractivity contribution in [2.24, 2.45) is 28.1 Å². The number of aliphatic hydroxyl groups excluding tert-OH is 1. The first kappa shape index (κ1) is 21.9. The number of sulfonamides is 1. The van der Waals surface area contributed by atoms with E-state index in [0.717, 1.165) is 36.2 Å². The number of Topliss-reactive ketones (excluding diaryl/α,β-unsaturated/α-hetero) is 1. The number of aliphatic hydroxyl groups is 1. The highest BCUT2D eigenvalue weighted by molar-refractivity contribution is 7.90. The molecule has 8 nitrogen and oxygen atoms in total. The van der Waals surface area contributed by atoms with Crippen LogP contribution in [0.3, 0.4) is 0 Å². The van der Waals surface area contributed by atoms with Crippen molar-refractivity contribution in [1.29, 1.82) is 0 Å². The zero-order valence-corrected chi connectivity index (χ0v) is 19.6. The summed E-state index contributed by atoms with van der Waals surface area (Å²) in [5, 5.41) is 14.2. The molecule has 2 N–H and O–H groups in total. The number of carbonyl (C=O) groups excluding carboxylic acids is 2. The van der Waals surface area contributed by atoms with Gasteiger partial charge in [0.15, 0.2) is 11.7 Å². The zero-order chi connectivity index (χ0) is 23.8. The number of ketones is 1. The smallest absolute Gasteiger partial charge is 0.287 e. The van der Waals surface area contributed by atoms with Crippen LogP contribution < -0.4 is 5.32 Å². The highest BCUT2D eigenvalue weighted by atomic mass is 32.2. The number of nitrogens with zero attached hydrogens (tertiary/aromatic N) is 2. The summed E-state index contributed by atoms with van der Waals surface area (Å²) in [7, 11) is -4.19. The third-order valence-electron chi connectivity index (χ3n) is 7.62. The van der Waals surface area contributed by atoms with E-state index in [0.29, 0.717) is 0 Å². The second kappa shape index (κ2) is 7.69. The number of thiophene rings is 1. The largest absolute Gasteiger partial charge is 0.392 e. The summed E-state index contributed by atoms with van der Waals surface area (Å²) >= 11 is 1.08. The number of anilines is 1. The summed E-state index contributed by atoms with van der Waals surface area (Å²) in [5.74, 6) is -2.64. The van der Waals surface area contributed by atoms with Gasteiger partial charge in [0.05, 0.1) is 6.61 Å². The van der Waals surface area contributed by atoms with Crippen LogP contribution >= 0.6 is 11.3 Å². The minimum Gasteiger partial charge on any atom is -0.392 e. The first-order chi connectivity index (χ1) is 16.3. The monoisotopic (exact) mass is 503 g/mol. The Hall–Kier alpha value is -2.63. The van der Waals surface area contributed by atoms with Crippen molar-refractivity contribution in [1.82, 2.24) is 4.90 Å². The van der Waals surface area contributed by atoms with Crippen molar-refractivity contribution >= 4 is 43.9 Å². The molecule has 2 aromatic rings. The number of likely N-dealkylation sites (tertiary alicyclic amines) is 1. The fourth-order valence-corrected chi connectivity index (χ4v) is 8.89. The highest BCUT2D eigenvalue weighted by Gasteiger charge is 2.60. The van der Waals surface area contributed by atoms with Crippen LogP contribution in [0.1, 0.15) is 30.4 Å². The Labute approximate surface area is 199 Å². The molecule has 1 unspecified atom stereocenters. The number of hydrogen-bond acceptors (Lipinski definition) is 7. The molecule has 5 atom stereocenters. The van der Waals surface area contributed by atoms with Gasteiger partial charge in [-0.25, -0.2) is 4.39 Å². The second-order valence-corrected chi connectivity index (χ2v) is 11.9. The number of hydrogen-bond donors (Lipinski definition) is 2. The minimum atomic E-state index is -4.19. The Balaban J connectivity index is 1.40. The summed E-state index contributed by atoms with van der Waals surface area (Å²) in [5.41, 5.74) is 0.964. The quantitative estimate of drug-likeness (QED) is 0.620. The highest BCUT2D eigenvalue weighted by Crippen LogP contribution is 2.54. The van der Waals surface area contributed by atoms with E-state index in [-0.39, 0.29) is 63.2 Å². The van der Waals surface area contributed by atoms with Crippen molar-refractivity contribution in [3.05, 3.63) is 46.6 Å². The molecule has 2 bridgehead atoms. The lowest BCUT2D eigenvalue weighted by Crippen LogP contribution is -2.61. The first-order valence-corrected chi connectivity index (χ1v) is 13.5. The molecule has 3 fully saturated rings. The number of rotatable bonds is 4. The number of halogens is 1. The van der Waals surface area contributed by atoms with Crippen molar-refractivity contribution in [2.45, 2.75) is 43.4 Å². The summed E-state index contributed by atoms with van der Waals surface area (Å²) in [6, 6.07) is 5.66. The number of nitrogens with one attached hydrogen (secondary N) is 1. The molecule has 4 aliphatic rings.